The van der Waals surface area contributed by atoms with E-state index in [2.05, 4.69) is 0 Å². The molecule has 1 heterocycles. The quantitative estimate of drug-likeness (QED) is 0.442. The Morgan fingerprint density at radius 2 is 1.79 bits per heavy atom. The van der Waals surface area contributed by atoms with E-state index in [1.807, 2.05) is 0 Å². The molecule has 3 rings (SSSR count). The summed E-state index contributed by atoms with van der Waals surface area (Å²) in [7, 11) is 2.98. The van der Waals surface area contributed by atoms with Crippen LogP contribution in [-0.2, 0) is 9.59 Å². The van der Waals surface area contributed by atoms with Gasteiger partial charge < -0.3 is 24.6 Å². The molecule has 1 fully saturated rings. The Hall–Kier alpha value is -3.32. The highest BCUT2D eigenvalue weighted by molar-refractivity contribution is 6.46. The Kier molecular flexibility index (Phi) is 5.89. The van der Waals surface area contributed by atoms with E-state index in [4.69, 9.17) is 9.47 Å². The van der Waals surface area contributed by atoms with Crippen molar-refractivity contribution >= 4 is 17.4 Å². The van der Waals surface area contributed by atoms with Crippen molar-refractivity contribution in [2.45, 2.75) is 19.1 Å². The molecule has 1 saturated heterocycles. The fourth-order valence-corrected chi connectivity index (χ4v) is 3.48. The van der Waals surface area contributed by atoms with Gasteiger partial charge in [0.25, 0.3) is 11.7 Å². The summed E-state index contributed by atoms with van der Waals surface area (Å²) >= 11 is 0. The monoisotopic (exact) mass is 397 g/mol. The fraction of sp³-hybridized carbons (Fsp3) is 0.273. The van der Waals surface area contributed by atoms with Crippen LogP contribution < -0.4 is 9.47 Å². The predicted molar refractivity (Wildman–Crippen MR) is 107 cm³/mol. The normalized spacial score (nSPS) is 19.3. The summed E-state index contributed by atoms with van der Waals surface area (Å²) in [6.45, 7) is 1.44. The van der Waals surface area contributed by atoms with E-state index >= 15 is 0 Å². The Bertz CT molecular complexity index is 951. The topological polar surface area (TPSA) is 96.3 Å². The molecule has 152 valence electrons. The Labute approximate surface area is 168 Å². The van der Waals surface area contributed by atoms with Crippen molar-refractivity contribution in [3.05, 3.63) is 65.2 Å². The first-order valence-electron chi connectivity index (χ1n) is 9.12. The van der Waals surface area contributed by atoms with E-state index in [1.54, 1.807) is 48.5 Å². The molecule has 1 aliphatic rings. The maximum absolute atomic E-state index is 12.9. The van der Waals surface area contributed by atoms with Crippen molar-refractivity contribution in [2.75, 3.05) is 20.8 Å². The van der Waals surface area contributed by atoms with E-state index < -0.39 is 23.8 Å². The maximum Gasteiger partial charge on any atom is 0.295 e. The van der Waals surface area contributed by atoms with E-state index in [1.165, 1.54) is 26.0 Å². The number of β-amino-alcohol motifs (C(OH)–C–C–N with tert-alkyl or cyclic N) is 1. The van der Waals surface area contributed by atoms with Crippen molar-refractivity contribution < 1.29 is 29.3 Å². The minimum absolute atomic E-state index is 0.0617. The molecule has 2 unspecified atom stereocenters. The molecule has 0 saturated carbocycles. The lowest BCUT2D eigenvalue weighted by molar-refractivity contribution is -0.140. The van der Waals surface area contributed by atoms with E-state index in [-0.39, 0.29) is 17.9 Å². The molecule has 0 spiro atoms. The van der Waals surface area contributed by atoms with Gasteiger partial charge in [0, 0.05) is 17.7 Å². The number of carbonyl (C=O) groups excluding carboxylic acids is 2. The van der Waals surface area contributed by atoms with E-state index in [9.17, 15) is 19.8 Å². The Morgan fingerprint density at radius 1 is 1.10 bits per heavy atom. The molecule has 7 heteroatoms. The highest BCUT2D eigenvalue weighted by Crippen LogP contribution is 2.43. The van der Waals surface area contributed by atoms with Gasteiger partial charge in [-0.15, -0.1) is 0 Å². The number of aliphatic hydroxyl groups excluding tert-OH is 2. The standard InChI is InChI=1S/C22H23NO6/c1-13(24)12-23-19(16-11-15(28-2)9-10-17(16)29-3)18(21(26)22(23)27)20(25)14-7-5-4-6-8-14/h4-11,13,19,24-25H,12H2,1-3H3. The Morgan fingerprint density at radius 3 is 2.38 bits per heavy atom. The van der Waals surface area contributed by atoms with Gasteiger partial charge in [-0.05, 0) is 25.1 Å². The van der Waals surface area contributed by atoms with Crippen LogP contribution in [0.4, 0.5) is 0 Å². The molecular weight excluding hydrogens is 374 g/mol. The number of likely N-dealkylation sites (tertiary alicyclic amines) is 1. The summed E-state index contributed by atoms with van der Waals surface area (Å²) in [5.74, 6) is -0.970. The molecule has 29 heavy (non-hydrogen) atoms. The van der Waals surface area contributed by atoms with Crippen LogP contribution in [-0.4, -0.2) is 53.7 Å². The fourth-order valence-electron chi connectivity index (χ4n) is 3.48. The third-order valence-corrected chi connectivity index (χ3v) is 4.78. The zero-order valence-electron chi connectivity index (χ0n) is 16.5. The minimum Gasteiger partial charge on any atom is -0.507 e. The molecule has 2 aromatic carbocycles. The third kappa shape index (κ3) is 3.82. The van der Waals surface area contributed by atoms with Crippen molar-refractivity contribution in [1.82, 2.24) is 4.90 Å². The molecule has 2 atom stereocenters. The number of methoxy groups -OCH3 is 2. The molecule has 7 nitrogen and oxygen atoms in total. The van der Waals surface area contributed by atoms with Crippen LogP contribution in [0.1, 0.15) is 24.1 Å². The van der Waals surface area contributed by atoms with Crippen molar-refractivity contribution in [2.24, 2.45) is 0 Å². The third-order valence-electron chi connectivity index (χ3n) is 4.78. The lowest BCUT2D eigenvalue weighted by Crippen LogP contribution is -2.35. The number of rotatable bonds is 6. The number of hydrogen-bond acceptors (Lipinski definition) is 6. The number of hydrogen-bond donors (Lipinski definition) is 2. The molecular formula is C22H23NO6. The van der Waals surface area contributed by atoms with Gasteiger partial charge in [0.05, 0.1) is 31.9 Å². The first kappa shape index (κ1) is 20.4. The molecule has 2 aromatic rings. The SMILES string of the molecule is COc1ccc(OC)c(C2C(=C(O)c3ccccc3)C(=O)C(=O)N2CC(C)O)c1. The first-order chi connectivity index (χ1) is 13.9. The number of aliphatic hydroxyl groups is 2. The van der Waals surface area contributed by atoms with Crippen LogP contribution >= 0.6 is 0 Å². The molecule has 1 amide bonds. The van der Waals surface area contributed by atoms with Crippen LogP contribution in [0, 0.1) is 0 Å². The van der Waals surface area contributed by atoms with Crippen LogP contribution in [0.25, 0.3) is 5.76 Å². The number of benzene rings is 2. The average molecular weight is 397 g/mol. The van der Waals surface area contributed by atoms with Gasteiger partial charge in [-0.2, -0.15) is 0 Å². The van der Waals surface area contributed by atoms with Crippen LogP contribution in [0.15, 0.2) is 54.1 Å². The smallest absolute Gasteiger partial charge is 0.295 e. The zero-order chi connectivity index (χ0) is 21.1. The van der Waals surface area contributed by atoms with E-state index in [0.29, 0.717) is 22.6 Å². The number of Topliss-reactive ketones (excluding diaryl/α,β-unsaturated/α-hetero) is 1. The van der Waals surface area contributed by atoms with Crippen LogP contribution in [0.5, 0.6) is 11.5 Å². The summed E-state index contributed by atoms with van der Waals surface area (Å²) < 4.78 is 10.7. The highest BCUT2D eigenvalue weighted by atomic mass is 16.5. The summed E-state index contributed by atoms with van der Waals surface area (Å²) in [5.41, 5.74) is 0.826. The van der Waals surface area contributed by atoms with Crippen molar-refractivity contribution in [3.8, 4) is 11.5 Å². The second-order valence-corrected chi connectivity index (χ2v) is 6.77. The number of nitrogens with zero attached hydrogens (tertiary/aromatic N) is 1. The van der Waals surface area contributed by atoms with Crippen molar-refractivity contribution in [1.29, 1.82) is 0 Å². The van der Waals surface area contributed by atoms with Gasteiger partial charge in [0.15, 0.2) is 0 Å². The number of amides is 1. The van der Waals surface area contributed by atoms with Gasteiger partial charge in [0.2, 0.25) is 0 Å². The maximum atomic E-state index is 12.9. The zero-order valence-corrected chi connectivity index (χ0v) is 16.5. The minimum atomic E-state index is -0.935. The van der Waals surface area contributed by atoms with Gasteiger partial charge in [0.1, 0.15) is 17.3 Å². The summed E-state index contributed by atoms with van der Waals surface area (Å²) in [6, 6.07) is 12.6. The second-order valence-electron chi connectivity index (χ2n) is 6.77. The molecule has 0 aliphatic carbocycles. The van der Waals surface area contributed by atoms with Gasteiger partial charge >= 0.3 is 0 Å². The number of carbonyl (C=O) groups is 2. The highest BCUT2D eigenvalue weighted by Gasteiger charge is 2.47. The lowest BCUT2D eigenvalue weighted by atomic mass is 9.94. The molecule has 2 N–H and O–H groups in total. The molecule has 0 radical (unpaired) electrons. The average Bonchev–Trinajstić information content (AvgIpc) is 2.97. The summed E-state index contributed by atoms with van der Waals surface area (Å²) in [6.07, 6.45) is -0.871. The van der Waals surface area contributed by atoms with Crippen LogP contribution in [0.3, 0.4) is 0 Å². The van der Waals surface area contributed by atoms with E-state index in [0.717, 1.165) is 0 Å². The number of ketones is 1. The van der Waals surface area contributed by atoms with Crippen LogP contribution in [0.2, 0.25) is 0 Å². The first-order valence-corrected chi connectivity index (χ1v) is 9.12. The van der Waals surface area contributed by atoms with Gasteiger partial charge in [-0.1, -0.05) is 30.3 Å². The Balaban J connectivity index is 2.27. The van der Waals surface area contributed by atoms with Gasteiger partial charge in [-0.25, -0.2) is 0 Å². The number of ether oxygens (including phenoxy) is 2. The largest absolute Gasteiger partial charge is 0.507 e. The summed E-state index contributed by atoms with van der Waals surface area (Å²) in [4.78, 5) is 26.9. The summed E-state index contributed by atoms with van der Waals surface area (Å²) in [5, 5.41) is 20.8. The van der Waals surface area contributed by atoms with Crippen molar-refractivity contribution in [3.63, 3.8) is 0 Å². The molecule has 0 bridgehead atoms. The lowest BCUT2D eigenvalue weighted by Gasteiger charge is -2.27. The van der Waals surface area contributed by atoms with Gasteiger partial charge in [-0.3, -0.25) is 9.59 Å². The second kappa shape index (κ2) is 8.36. The molecule has 0 aromatic heterocycles. The molecule has 1 aliphatic heterocycles. The predicted octanol–water partition coefficient (Wildman–Crippen LogP) is 2.51.